The highest BCUT2D eigenvalue weighted by molar-refractivity contribution is 5.21. The Hall–Kier alpha value is -1.00. The van der Waals surface area contributed by atoms with E-state index >= 15 is 0 Å². The third kappa shape index (κ3) is 3.01. The Balaban J connectivity index is 2.33. The molecule has 0 spiro atoms. The zero-order valence-electron chi connectivity index (χ0n) is 13.2. The van der Waals surface area contributed by atoms with Crippen LogP contribution in [0.3, 0.4) is 0 Å². The van der Waals surface area contributed by atoms with Crippen LogP contribution in [0.25, 0.3) is 0 Å². The molecular formula is C16H27N3O. The minimum Gasteiger partial charge on any atom is -0.370 e. The molecule has 1 aliphatic rings. The molecule has 20 heavy (non-hydrogen) atoms. The van der Waals surface area contributed by atoms with Crippen molar-refractivity contribution in [1.29, 1.82) is 0 Å². The lowest BCUT2D eigenvalue weighted by atomic mass is 9.92. The smallest absolute Gasteiger partial charge is 0.160 e. The number of hydrogen-bond donors (Lipinski definition) is 1. The molecule has 1 heterocycles. The Morgan fingerprint density at radius 3 is 2.40 bits per heavy atom. The number of nitrogens with one attached hydrogen (secondary N) is 1. The van der Waals surface area contributed by atoms with Crippen LogP contribution in [-0.4, -0.2) is 24.1 Å². The van der Waals surface area contributed by atoms with Gasteiger partial charge in [0.15, 0.2) is 5.82 Å². The standard InChI is InChI=1S/C16H27N3O/c1-12(17-3)14-11-18-15(19-13(14)2)16(20-4)9-7-5-6-8-10-16/h11-12,17H,5-10H2,1-4H3. The molecule has 1 unspecified atom stereocenters. The normalized spacial score (nSPS) is 20.4. The third-order valence-electron chi connectivity index (χ3n) is 4.63. The van der Waals surface area contributed by atoms with Gasteiger partial charge in [-0.15, -0.1) is 0 Å². The van der Waals surface area contributed by atoms with Crippen LogP contribution in [0.2, 0.25) is 0 Å². The molecule has 1 saturated carbocycles. The minimum absolute atomic E-state index is 0.275. The van der Waals surface area contributed by atoms with Gasteiger partial charge in [0.25, 0.3) is 0 Å². The van der Waals surface area contributed by atoms with Crippen molar-refractivity contribution in [2.24, 2.45) is 0 Å². The van der Waals surface area contributed by atoms with Crippen LogP contribution in [-0.2, 0) is 10.3 Å². The highest BCUT2D eigenvalue weighted by atomic mass is 16.5. The van der Waals surface area contributed by atoms with Gasteiger partial charge in [-0.2, -0.15) is 0 Å². The molecule has 0 aromatic carbocycles. The highest BCUT2D eigenvalue weighted by Gasteiger charge is 2.36. The zero-order valence-corrected chi connectivity index (χ0v) is 13.2. The average Bonchev–Trinajstić information content (AvgIpc) is 2.72. The van der Waals surface area contributed by atoms with Gasteiger partial charge >= 0.3 is 0 Å². The summed E-state index contributed by atoms with van der Waals surface area (Å²) in [6.07, 6.45) is 9.01. The molecular weight excluding hydrogens is 250 g/mol. The van der Waals surface area contributed by atoms with E-state index in [1.807, 2.05) is 13.2 Å². The van der Waals surface area contributed by atoms with Crippen LogP contribution in [0, 0.1) is 6.92 Å². The first-order chi connectivity index (χ1) is 9.63. The predicted molar refractivity (Wildman–Crippen MR) is 80.6 cm³/mol. The van der Waals surface area contributed by atoms with Crippen LogP contribution in [0.15, 0.2) is 6.20 Å². The molecule has 0 aliphatic heterocycles. The topological polar surface area (TPSA) is 47.0 Å². The highest BCUT2D eigenvalue weighted by Crippen LogP contribution is 2.37. The monoisotopic (exact) mass is 277 g/mol. The first-order valence-corrected chi connectivity index (χ1v) is 7.69. The van der Waals surface area contributed by atoms with Crippen LogP contribution in [0.4, 0.5) is 0 Å². The average molecular weight is 277 g/mol. The summed E-state index contributed by atoms with van der Waals surface area (Å²) in [6, 6.07) is 0.275. The molecule has 1 atom stereocenters. The van der Waals surface area contributed by atoms with E-state index in [1.165, 1.54) is 25.7 Å². The minimum atomic E-state index is -0.275. The van der Waals surface area contributed by atoms with E-state index in [9.17, 15) is 0 Å². The number of hydrogen-bond acceptors (Lipinski definition) is 4. The van der Waals surface area contributed by atoms with E-state index in [2.05, 4.69) is 24.1 Å². The van der Waals surface area contributed by atoms with Crippen LogP contribution in [0.1, 0.15) is 68.6 Å². The Kier molecular flexibility index (Phi) is 5.11. The van der Waals surface area contributed by atoms with Crippen molar-refractivity contribution in [1.82, 2.24) is 15.3 Å². The first kappa shape index (κ1) is 15.4. The predicted octanol–water partition coefficient (Wildman–Crippen LogP) is 3.26. The maximum atomic E-state index is 5.89. The Labute approximate surface area is 122 Å². The van der Waals surface area contributed by atoms with Crippen molar-refractivity contribution in [3.05, 3.63) is 23.3 Å². The van der Waals surface area contributed by atoms with Gasteiger partial charge < -0.3 is 10.1 Å². The third-order valence-corrected chi connectivity index (χ3v) is 4.63. The Morgan fingerprint density at radius 1 is 1.25 bits per heavy atom. The molecule has 0 saturated heterocycles. The maximum absolute atomic E-state index is 5.89. The molecule has 4 heteroatoms. The molecule has 1 fully saturated rings. The van der Waals surface area contributed by atoms with Crippen molar-refractivity contribution in [2.45, 2.75) is 64.0 Å². The van der Waals surface area contributed by atoms with E-state index in [0.29, 0.717) is 0 Å². The summed E-state index contributed by atoms with van der Waals surface area (Å²) in [5.41, 5.74) is 1.94. The van der Waals surface area contributed by atoms with Crippen LogP contribution < -0.4 is 5.32 Å². The van der Waals surface area contributed by atoms with E-state index in [-0.39, 0.29) is 11.6 Å². The van der Waals surface area contributed by atoms with Gasteiger partial charge in [-0.25, -0.2) is 9.97 Å². The van der Waals surface area contributed by atoms with Crippen molar-refractivity contribution < 1.29 is 4.74 Å². The molecule has 2 rings (SSSR count). The number of ether oxygens (including phenoxy) is 1. The van der Waals surface area contributed by atoms with E-state index in [4.69, 9.17) is 9.72 Å². The molecule has 1 aromatic rings. The second-order valence-corrected chi connectivity index (χ2v) is 5.86. The van der Waals surface area contributed by atoms with Gasteiger partial charge in [0.05, 0.1) is 0 Å². The molecule has 1 aliphatic carbocycles. The van der Waals surface area contributed by atoms with Crippen LogP contribution >= 0.6 is 0 Å². The molecule has 1 aromatic heterocycles. The summed E-state index contributed by atoms with van der Waals surface area (Å²) < 4.78 is 5.89. The lowest BCUT2D eigenvalue weighted by Gasteiger charge is -2.30. The summed E-state index contributed by atoms with van der Waals surface area (Å²) in [4.78, 5) is 9.42. The fourth-order valence-corrected chi connectivity index (χ4v) is 3.10. The van der Waals surface area contributed by atoms with Crippen LogP contribution in [0.5, 0.6) is 0 Å². The van der Waals surface area contributed by atoms with Gasteiger partial charge in [-0.3, -0.25) is 0 Å². The number of aromatic nitrogens is 2. The molecule has 1 N–H and O–H groups in total. The molecule has 0 radical (unpaired) electrons. The molecule has 0 amide bonds. The summed E-state index contributed by atoms with van der Waals surface area (Å²) >= 11 is 0. The maximum Gasteiger partial charge on any atom is 0.160 e. The Bertz CT molecular complexity index is 439. The summed E-state index contributed by atoms with van der Waals surface area (Å²) in [5.74, 6) is 0.867. The number of methoxy groups -OCH3 is 1. The molecule has 4 nitrogen and oxygen atoms in total. The number of rotatable bonds is 4. The summed E-state index contributed by atoms with van der Waals surface area (Å²) in [7, 11) is 3.76. The van der Waals surface area contributed by atoms with Gasteiger partial charge in [-0.05, 0) is 33.7 Å². The lowest BCUT2D eigenvalue weighted by Crippen LogP contribution is -2.31. The quantitative estimate of drug-likeness (QED) is 0.858. The second-order valence-electron chi connectivity index (χ2n) is 5.86. The number of aryl methyl sites for hydroxylation is 1. The van der Waals surface area contributed by atoms with Crippen molar-refractivity contribution in [3.63, 3.8) is 0 Å². The summed E-state index contributed by atoms with van der Waals surface area (Å²) in [5, 5.41) is 3.24. The molecule has 0 bridgehead atoms. The number of nitrogens with zero attached hydrogens (tertiary/aromatic N) is 2. The van der Waals surface area contributed by atoms with Crippen molar-refractivity contribution >= 4 is 0 Å². The van der Waals surface area contributed by atoms with Gasteiger partial charge in [0.2, 0.25) is 0 Å². The van der Waals surface area contributed by atoms with Gasteiger partial charge in [-0.1, -0.05) is 25.7 Å². The fourth-order valence-electron chi connectivity index (χ4n) is 3.10. The van der Waals surface area contributed by atoms with Gasteiger partial charge in [0.1, 0.15) is 5.60 Å². The first-order valence-electron chi connectivity index (χ1n) is 7.69. The lowest BCUT2D eigenvalue weighted by molar-refractivity contribution is -0.0353. The largest absolute Gasteiger partial charge is 0.370 e. The fraction of sp³-hybridized carbons (Fsp3) is 0.750. The van der Waals surface area contributed by atoms with Gasteiger partial charge in [0, 0.05) is 30.6 Å². The van der Waals surface area contributed by atoms with E-state index in [1.54, 1.807) is 7.11 Å². The van der Waals surface area contributed by atoms with Crippen molar-refractivity contribution in [2.75, 3.05) is 14.2 Å². The van der Waals surface area contributed by atoms with E-state index in [0.717, 1.165) is 29.9 Å². The SMILES string of the molecule is CNC(C)c1cnc(C2(OC)CCCCCC2)nc1C. The Morgan fingerprint density at radius 2 is 1.90 bits per heavy atom. The second kappa shape index (κ2) is 6.64. The van der Waals surface area contributed by atoms with Crippen molar-refractivity contribution in [3.8, 4) is 0 Å². The summed E-state index contributed by atoms with van der Waals surface area (Å²) in [6.45, 7) is 4.19. The van der Waals surface area contributed by atoms with E-state index < -0.39 is 0 Å². The molecule has 112 valence electrons. The zero-order chi connectivity index (χ0) is 14.6.